The number of phosphoric ester groups is 1. The topological polar surface area (TPSA) is 204 Å². The average Bonchev–Trinajstić information content (AvgIpc) is 3.11. The summed E-state index contributed by atoms with van der Waals surface area (Å²) in [6.45, 7) is 12.0. The van der Waals surface area contributed by atoms with Gasteiger partial charge >= 0.3 is 7.82 Å². The van der Waals surface area contributed by atoms with Crippen LogP contribution in [0.2, 0.25) is 0 Å². The smallest absolute Gasteiger partial charge is 0.404 e. The standard InChI is InChI=1S/C43H60N5O9P/c1-29(49)46-35(27-30-20-22-33(23-21-30)55-58(54,56-41(2,3)4)57-42(5,6)7)39(52)48-43(24-11-8-12-25-43)40(53)47-36(28-37(44)50)38(51)45-26-14-18-32-17-13-16-31-15-9-10-19-34(31)32/h9-10,13,15-17,19-23,35-36H,8,11-12,14,18,24-28H2,1-7H3,(H2,44,50)(H,45,51)(H,46,49)(H,47,53)(H,48,52)/t35-,36+/m1/s1. The molecule has 0 aliphatic heterocycles. The first-order chi connectivity index (χ1) is 27.2. The van der Waals surface area contributed by atoms with Gasteiger partial charge in [0.2, 0.25) is 29.5 Å². The fraction of sp³-hybridized carbons (Fsp3) is 0.512. The fourth-order valence-corrected chi connectivity index (χ4v) is 8.78. The number of phosphoric acid groups is 1. The average molecular weight is 822 g/mol. The van der Waals surface area contributed by atoms with Crippen molar-refractivity contribution in [2.45, 2.75) is 135 Å². The van der Waals surface area contributed by atoms with E-state index in [9.17, 15) is 28.5 Å². The Labute approximate surface area is 341 Å². The third-order valence-corrected chi connectivity index (χ3v) is 11.4. The molecule has 1 fully saturated rings. The second-order valence-electron chi connectivity index (χ2n) is 16.9. The highest BCUT2D eigenvalue weighted by Gasteiger charge is 2.44. The van der Waals surface area contributed by atoms with Crippen molar-refractivity contribution in [1.29, 1.82) is 0 Å². The molecular weight excluding hydrogens is 761 g/mol. The fourth-order valence-electron chi connectivity index (χ4n) is 6.95. The van der Waals surface area contributed by atoms with E-state index in [4.69, 9.17) is 19.3 Å². The number of benzene rings is 3. The van der Waals surface area contributed by atoms with Gasteiger partial charge < -0.3 is 31.5 Å². The summed E-state index contributed by atoms with van der Waals surface area (Å²) in [6, 6.07) is 18.3. The van der Waals surface area contributed by atoms with Crippen molar-refractivity contribution in [2.75, 3.05) is 6.54 Å². The predicted molar refractivity (Wildman–Crippen MR) is 223 cm³/mol. The first-order valence-corrected chi connectivity index (χ1v) is 21.3. The molecule has 1 aliphatic carbocycles. The number of fused-ring (bicyclic) bond motifs is 1. The highest BCUT2D eigenvalue weighted by atomic mass is 31.2. The molecule has 4 rings (SSSR count). The van der Waals surface area contributed by atoms with Crippen LogP contribution in [-0.4, -0.2) is 64.9 Å². The van der Waals surface area contributed by atoms with Crippen molar-refractivity contribution in [3.63, 3.8) is 0 Å². The van der Waals surface area contributed by atoms with Crippen LogP contribution in [0.1, 0.15) is 105 Å². The number of hydrogen-bond donors (Lipinski definition) is 5. The number of hydrogen-bond acceptors (Lipinski definition) is 9. The molecule has 3 aromatic rings. The zero-order valence-electron chi connectivity index (χ0n) is 34.8. The van der Waals surface area contributed by atoms with Crippen molar-refractivity contribution >= 4 is 48.1 Å². The second kappa shape index (κ2) is 19.8. The first-order valence-electron chi connectivity index (χ1n) is 19.9. The van der Waals surface area contributed by atoms with Gasteiger partial charge in [0, 0.05) is 19.9 Å². The summed E-state index contributed by atoms with van der Waals surface area (Å²) < 4.78 is 30.8. The summed E-state index contributed by atoms with van der Waals surface area (Å²) in [7, 11) is -4.06. The zero-order chi connectivity index (χ0) is 42.7. The Hall–Kier alpha value is -4.78. The Morgan fingerprint density at radius 2 is 1.41 bits per heavy atom. The highest BCUT2D eigenvalue weighted by Crippen LogP contribution is 2.55. The number of nitrogens with one attached hydrogen (secondary N) is 4. The zero-order valence-corrected chi connectivity index (χ0v) is 35.7. The molecule has 0 heterocycles. The Balaban J connectivity index is 1.44. The molecule has 316 valence electrons. The quantitative estimate of drug-likeness (QED) is 0.0761. The molecule has 0 aromatic heterocycles. The maximum atomic E-state index is 14.1. The van der Waals surface area contributed by atoms with Crippen LogP contribution in [-0.2, 0) is 50.4 Å². The Bertz CT molecular complexity index is 1940. The van der Waals surface area contributed by atoms with Crippen LogP contribution >= 0.6 is 7.82 Å². The Kier molecular flexibility index (Phi) is 15.7. The molecule has 15 heteroatoms. The summed E-state index contributed by atoms with van der Waals surface area (Å²) in [5, 5.41) is 13.4. The van der Waals surface area contributed by atoms with Crippen LogP contribution in [0, 0.1) is 0 Å². The number of nitrogens with two attached hydrogens (primary N) is 1. The molecule has 0 saturated heterocycles. The van der Waals surface area contributed by atoms with Crippen molar-refractivity contribution < 1.29 is 42.1 Å². The molecular formula is C43H60N5O9P. The van der Waals surface area contributed by atoms with E-state index >= 15 is 0 Å². The minimum atomic E-state index is -4.06. The molecule has 0 spiro atoms. The molecule has 58 heavy (non-hydrogen) atoms. The van der Waals surface area contributed by atoms with Crippen molar-refractivity contribution in [1.82, 2.24) is 21.3 Å². The highest BCUT2D eigenvalue weighted by molar-refractivity contribution is 7.49. The maximum Gasteiger partial charge on any atom is 0.531 e. The van der Waals surface area contributed by atoms with Gasteiger partial charge in [-0.05, 0) is 101 Å². The lowest BCUT2D eigenvalue weighted by molar-refractivity contribution is -0.139. The molecule has 0 unspecified atom stereocenters. The summed E-state index contributed by atoms with van der Waals surface area (Å²) in [6.07, 6.45) is 3.60. The van der Waals surface area contributed by atoms with E-state index < -0.39 is 72.6 Å². The molecule has 5 amide bonds. The van der Waals surface area contributed by atoms with Crippen molar-refractivity contribution in [3.05, 3.63) is 77.9 Å². The van der Waals surface area contributed by atoms with Crippen molar-refractivity contribution in [3.8, 4) is 5.75 Å². The molecule has 3 aromatic carbocycles. The molecule has 6 N–H and O–H groups in total. The van der Waals surface area contributed by atoms with Gasteiger partial charge in [0.15, 0.2) is 0 Å². The number of carbonyl (C=O) groups is 5. The molecule has 14 nitrogen and oxygen atoms in total. The van der Waals surface area contributed by atoms with Crippen LogP contribution in [0.4, 0.5) is 0 Å². The monoisotopic (exact) mass is 821 g/mol. The van der Waals surface area contributed by atoms with Gasteiger partial charge in [0.05, 0.1) is 17.6 Å². The van der Waals surface area contributed by atoms with Gasteiger partial charge in [-0.3, -0.25) is 33.0 Å². The minimum Gasteiger partial charge on any atom is -0.404 e. The van der Waals surface area contributed by atoms with E-state index in [1.165, 1.54) is 6.92 Å². The van der Waals surface area contributed by atoms with E-state index in [1.807, 2.05) is 30.3 Å². The third-order valence-electron chi connectivity index (χ3n) is 9.38. The number of rotatable bonds is 18. The molecule has 0 bridgehead atoms. The van der Waals surface area contributed by atoms with Gasteiger partial charge in [0.1, 0.15) is 23.4 Å². The van der Waals surface area contributed by atoms with E-state index in [0.717, 1.165) is 22.8 Å². The Morgan fingerprint density at radius 1 is 0.793 bits per heavy atom. The number of aryl methyl sites for hydroxylation is 1. The van der Waals surface area contributed by atoms with E-state index in [1.54, 1.807) is 65.8 Å². The lowest BCUT2D eigenvalue weighted by Crippen LogP contribution is -2.65. The van der Waals surface area contributed by atoms with Crippen LogP contribution in [0.5, 0.6) is 5.75 Å². The van der Waals surface area contributed by atoms with Gasteiger partial charge in [-0.25, -0.2) is 4.57 Å². The minimum absolute atomic E-state index is 0.0452. The van der Waals surface area contributed by atoms with Crippen LogP contribution in [0.25, 0.3) is 10.8 Å². The van der Waals surface area contributed by atoms with E-state index in [2.05, 4.69) is 33.4 Å². The summed E-state index contributed by atoms with van der Waals surface area (Å²) in [4.78, 5) is 65.9. The Morgan fingerprint density at radius 3 is 2.02 bits per heavy atom. The van der Waals surface area contributed by atoms with E-state index in [0.29, 0.717) is 37.8 Å². The molecule has 1 saturated carbocycles. The van der Waals surface area contributed by atoms with Gasteiger partial charge in [-0.15, -0.1) is 0 Å². The normalized spacial score (nSPS) is 15.4. The van der Waals surface area contributed by atoms with Crippen LogP contribution in [0.15, 0.2) is 66.7 Å². The van der Waals surface area contributed by atoms with Gasteiger partial charge in [-0.1, -0.05) is 73.9 Å². The lowest BCUT2D eigenvalue weighted by atomic mass is 9.80. The molecule has 0 radical (unpaired) electrons. The number of carbonyl (C=O) groups excluding carboxylic acids is 5. The lowest BCUT2D eigenvalue weighted by Gasteiger charge is -2.38. The number of amides is 5. The molecule has 1 aliphatic rings. The van der Waals surface area contributed by atoms with Crippen LogP contribution in [0.3, 0.4) is 0 Å². The summed E-state index contributed by atoms with van der Waals surface area (Å²) >= 11 is 0. The maximum absolute atomic E-state index is 14.1. The van der Waals surface area contributed by atoms with Crippen LogP contribution < -0.4 is 31.5 Å². The largest absolute Gasteiger partial charge is 0.531 e. The van der Waals surface area contributed by atoms with E-state index in [-0.39, 0.29) is 25.0 Å². The third kappa shape index (κ3) is 14.2. The molecule has 2 atom stereocenters. The SMILES string of the molecule is CC(=O)N[C@H](Cc1ccc(OP(=O)(OC(C)(C)C)OC(C)(C)C)cc1)C(=O)NC1(C(=O)N[C@@H](CC(N)=O)C(=O)NCCCc2cccc3ccccc23)CCCCC1. The van der Waals surface area contributed by atoms with Crippen molar-refractivity contribution in [2.24, 2.45) is 5.73 Å². The summed E-state index contributed by atoms with van der Waals surface area (Å²) in [5.41, 5.74) is 4.22. The summed E-state index contributed by atoms with van der Waals surface area (Å²) in [5.74, 6) is -2.79. The first kappa shape index (κ1) is 45.9. The second-order valence-corrected chi connectivity index (χ2v) is 18.4. The van der Waals surface area contributed by atoms with Gasteiger partial charge in [0.25, 0.3) is 0 Å². The van der Waals surface area contributed by atoms with Gasteiger partial charge in [-0.2, -0.15) is 0 Å². The number of primary amides is 1. The predicted octanol–water partition coefficient (Wildman–Crippen LogP) is 5.93.